The Morgan fingerprint density at radius 2 is 1.67 bits per heavy atom. The normalized spacial score (nSPS) is 11.9. The van der Waals surface area contributed by atoms with Crippen molar-refractivity contribution in [2.24, 2.45) is 10.2 Å². The molecular formula is C17H13N3O6S. The summed E-state index contributed by atoms with van der Waals surface area (Å²) in [5, 5.41) is 27.3. The minimum atomic E-state index is -4.56. The highest BCUT2D eigenvalue weighted by Crippen LogP contribution is 2.38. The predicted octanol–water partition coefficient (Wildman–Crippen LogP) is 3.49. The Kier molecular flexibility index (Phi) is 4.52. The molecule has 0 saturated carbocycles. The first-order valence-corrected chi connectivity index (χ1v) is 8.88. The Balaban J connectivity index is 2.12. The number of nitrogen functional groups attached to an aromatic ring is 1. The Morgan fingerprint density at radius 3 is 2.26 bits per heavy atom. The molecule has 138 valence electrons. The number of nitrogens with zero attached hydrogens (tertiary/aromatic N) is 2. The number of phenolic OH excluding ortho intramolecular Hbond substituents is 1. The number of rotatable bonds is 4. The van der Waals surface area contributed by atoms with Crippen LogP contribution < -0.4 is 5.73 Å². The summed E-state index contributed by atoms with van der Waals surface area (Å²) in [6, 6.07) is 10.6. The summed E-state index contributed by atoms with van der Waals surface area (Å²) in [5.41, 5.74) is 6.68. The summed E-state index contributed by atoms with van der Waals surface area (Å²) in [4.78, 5) is 10.3. The molecule has 3 aromatic rings. The van der Waals surface area contributed by atoms with Crippen molar-refractivity contribution in [3.8, 4) is 5.75 Å². The number of hydrogen-bond acceptors (Lipinski definition) is 7. The van der Waals surface area contributed by atoms with Crippen LogP contribution in [0.4, 0.5) is 17.1 Å². The molecule has 0 spiro atoms. The van der Waals surface area contributed by atoms with E-state index in [9.17, 15) is 22.9 Å². The van der Waals surface area contributed by atoms with E-state index in [1.54, 1.807) is 0 Å². The van der Waals surface area contributed by atoms with E-state index in [-0.39, 0.29) is 27.7 Å². The summed E-state index contributed by atoms with van der Waals surface area (Å²) in [6.45, 7) is 0. The molecule has 0 aliphatic heterocycles. The van der Waals surface area contributed by atoms with Crippen LogP contribution in [0.1, 0.15) is 10.4 Å². The topological polar surface area (TPSA) is 163 Å². The lowest BCUT2D eigenvalue weighted by atomic mass is 10.1. The highest BCUT2D eigenvalue weighted by Gasteiger charge is 2.16. The van der Waals surface area contributed by atoms with E-state index in [0.717, 1.165) is 12.1 Å². The van der Waals surface area contributed by atoms with E-state index in [2.05, 4.69) is 10.2 Å². The maximum absolute atomic E-state index is 11.4. The SMILES string of the molecule is Nc1ccc(N=Nc2ccc(C(=O)O)cc2)c2cc(S(=O)(=O)O)cc(O)c12. The van der Waals surface area contributed by atoms with Crippen LogP contribution in [0.25, 0.3) is 10.8 Å². The lowest BCUT2D eigenvalue weighted by Crippen LogP contribution is -1.98. The molecule has 0 amide bonds. The molecule has 0 aliphatic carbocycles. The molecule has 0 heterocycles. The van der Waals surface area contributed by atoms with Crippen LogP contribution in [0.15, 0.2) is 63.7 Å². The average Bonchev–Trinajstić information content (AvgIpc) is 2.60. The number of fused-ring (bicyclic) bond motifs is 1. The third kappa shape index (κ3) is 3.71. The van der Waals surface area contributed by atoms with E-state index in [4.69, 9.17) is 10.8 Å². The van der Waals surface area contributed by atoms with Crippen LogP contribution in [-0.2, 0) is 10.1 Å². The number of carbonyl (C=O) groups is 1. The van der Waals surface area contributed by atoms with Gasteiger partial charge in [0, 0.05) is 22.5 Å². The lowest BCUT2D eigenvalue weighted by molar-refractivity contribution is 0.0697. The van der Waals surface area contributed by atoms with Crippen molar-refractivity contribution in [3.05, 3.63) is 54.1 Å². The Labute approximate surface area is 153 Å². The quantitative estimate of drug-likeness (QED) is 0.302. The number of azo groups is 1. The smallest absolute Gasteiger partial charge is 0.335 e. The van der Waals surface area contributed by atoms with Crippen molar-refractivity contribution in [2.45, 2.75) is 4.90 Å². The van der Waals surface area contributed by atoms with Crippen LogP contribution in [0, 0.1) is 0 Å². The minimum absolute atomic E-state index is 0.0922. The van der Waals surface area contributed by atoms with E-state index in [1.807, 2.05) is 0 Å². The first kappa shape index (κ1) is 18.3. The first-order valence-electron chi connectivity index (χ1n) is 7.44. The summed E-state index contributed by atoms with van der Waals surface area (Å²) in [6.07, 6.45) is 0. The second-order valence-electron chi connectivity index (χ2n) is 5.57. The minimum Gasteiger partial charge on any atom is -0.507 e. The predicted molar refractivity (Wildman–Crippen MR) is 97.4 cm³/mol. The van der Waals surface area contributed by atoms with E-state index in [0.29, 0.717) is 5.69 Å². The van der Waals surface area contributed by atoms with E-state index in [1.165, 1.54) is 36.4 Å². The van der Waals surface area contributed by atoms with Gasteiger partial charge in [-0.1, -0.05) is 0 Å². The number of aromatic carboxylic acids is 1. The van der Waals surface area contributed by atoms with Gasteiger partial charge >= 0.3 is 5.97 Å². The summed E-state index contributed by atoms with van der Waals surface area (Å²) < 4.78 is 32.0. The van der Waals surface area contributed by atoms with Crippen LogP contribution >= 0.6 is 0 Å². The van der Waals surface area contributed by atoms with Gasteiger partial charge in [0.1, 0.15) is 5.75 Å². The third-order valence-electron chi connectivity index (χ3n) is 3.76. The van der Waals surface area contributed by atoms with Gasteiger partial charge in [-0.05, 0) is 42.5 Å². The molecule has 5 N–H and O–H groups in total. The first-order chi connectivity index (χ1) is 12.7. The van der Waals surface area contributed by atoms with Crippen molar-refractivity contribution in [1.82, 2.24) is 0 Å². The maximum atomic E-state index is 11.4. The van der Waals surface area contributed by atoms with Gasteiger partial charge in [-0.15, -0.1) is 5.11 Å². The summed E-state index contributed by atoms with van der Waals surface area (Å²) in [7, 11) is -4.56. The molecule has 0 radical (unpaired) electrons. The number of hydrogen-bond donors (Lipinski definition) is 4. The maximum Gasteiger partial charge on any atom is 0.335 e. The molecule has 0 bridgehead atoms. The lowest BCUT2D eigenvalue weighted by Gasteiger charge is -2.09. The molecular weight excluding hydrogens is 374 g/mol. The zero-order chi connectivity index (χ0) is 19.8. The van der Waals surface area contributed by atoms with Crippen molar-refractivity contribution in [3.63, 3.8) is 0 Å². The molecule has 0 saturated heterocycles. The fourth-order valence-electron chi connectivity index (χ4n) is 2.47. The molecule has 0 aliphatic rings. The molecule has 0 aromatic heterocycles. The molecule has 3 aromatic carbocycles. The van der Waals surface area contributed by atoms with Gasteiger partial charge in [0.15, 0.2) is 0 Å². The van der Waals surface area contributed by atoms with E-state index < -0.39 is 26.7 Å². The zero-order valence-corrected chi connectivity index (χ0v) is 14.4. The zero-order valence-electron chi connectivity index (χ0n) is 13.6. The van der Waals surface area contributed by atoms with Crippen molar-refractivity contribution in [2.75, 3.05) is 5.73 Å². The fourth-order valence-corrected chi connectivity index (χ4v) is 2.99. The number of aromatic hydroxyl groups is 1. The van der Waals surface area contributed by atoms with Crippen LogP contribution in [0.3, 0.4) is 0 Å². The number of nitrogens with two attached hydrogens (primary N) is 1. The molecule has 0 fully saturated rings. The Morgan fingerprint density at radius 1 is 1.00 bits per heavy atom. The van der Waals surface area contributed by atoms with Gasteiger partial charge in [0.25, 0.3) is 10.1 Å². The van der Waals surface area contributed by atoms with Gasteiger partial charge in [-0.25, -0.2) is 4.79 Å². The van der Waals surface area contributed by atoms with E-state index >= 15 is 0 Å². The van der Waals surface area contributed by atoms with Gasteiger partial charge in [0.05, 0.1) is 21.8 Å². The third-order valence-corrected chi connectivity index (χ3v) is 4.59. The number of anilines is 1. The van der Waals surface area contributed by atoms with Gasteiger partial charge in [-0.2, -0.15) is 13.5 Å². The second kappa shape index (κ2) is 6.67. The summed E-state index contributed by atoms with van der Waals surface area (Å²) in [5.74, 6) is -1.50. The highest BCUT2D eigenvalue weighted by atomic mass is 32.2. The Bertz CT molecular complexity index is 1190. The highest BCUT2D eigenvalue weighted by molar-refractivity contribution is 7.85. The van der Waals surface area contributed by atoms with Crippen LogP contribution in [0.5, 0.6) is 5.75 Å². The number of phenols is 1. The van der Waals surface area contributed by atoms with Crippen molar-refractivity contribution < 1.29 is 28.0 Å². The van der Waals surface area contributed by atoms with Crippen molar-refractivity contribution in [1.29, 1.82) is 0 Å². The molecule has 27 heavy (non-hydrogen) atoms. The number of carboxylic acid groups (broad SMARTS) is 1. The fraction of sp³-hybridized carbons (Fsp3) is 0. The van der Waals surface area contributed by atoms with Gasteiger partial charge in [0.2, 0.25) is 0 Å². The molecule has 10 heteroatoms. The molecule has 0 unspecified atom stereocenters. The van der Waals surface area contributed by atoms with Gasteiger partial charge < -0.3 is 15.9 Å². The molecule has 3 rings (SSSR count). The second-order valence-corrected chi connectivity index (χ2v) is 6.99. The largest absolute Gasteiger partial charge is 0.507 e. The van der Waals surface area contributed by atoms with Crippen LogP contribution in [0.2, 0.25) is 0 Å². The monoisotopic (exact) mass is 387 g/mol. The van der Waals surface area contributed by atoms with Gasteiger partial charge in [-0.3, -0.25) is 4.55 Å². The average molecular weight is 387 g/mol. The molecule has 9 nitrogen and oxygen atoms in total. The van der Waals surface area contributed by atoms with Crippen molar-refractivity contribution >= 4 is 43.9 Å². The molecule has 0 atom stereocenters. The van der Waals surface area contributed by atoms with Crippen LogP contribution in [-0.4, -0.2) is 29.2 Å². The number of carboxylic acids is 1. The Hall–Kier alpha value is -3.50. The number of benzene rings is 3. The standard InChI is InChI=1S/C17H13N3O6S/c18-13-5-6-14(20-19-10-3-1-9(2-4-10)17(22)23)12-7-11(27(24,25)26)8-15(21)16(12)13/h1-8,21H,18H2,(H,22,23)(H,24,25,26). The summed E-state index contributed by atoms with van der Waals surface area (Å²) >= 11 is 0.